The highest BCUT2D eigenvalue weighted by Crippen LogP contribution is 2.36. The number of nitrogens with zero attached hydrogens (tertiary/aromatic N) is 1. The second kappa shape index (κ2) is 4.32. The summed E-state index contributed by atoms with van der Waals surface area (Å²) < 4.78 is 107. The molecule has 3 nitrogen and oxygen atoms in total. The third-order valence-electron chi connectivity index (χ3n) is 3.47. The van der Waals surface area contributed by atoms with E-state index in [1.54, 1.807) is 27.7 Å². The number of rotatable bonds is 1. The van der Waals surface area contributed by atoms with Gasteiger partial charge in [0, 0.05) is 30.1 Å². The Bertz CT molecular complexity index is 823. The molecule has 0 N–H and O–H groups in total. The molecule has 0 radical (unpaired) electrons. The van der Waals surface area contributed by atoms with Crippen LogP contribution in [0.15, 0.2) is 18.4 Å². The first-order valence-corrected chi connectivity index (χ1v) is 5.87. The van der Waals surface area contributed by atoms with Gasteiger partial charge in [0.25, 0.3) is 0 Å². The Kier molecular flexibility index (Phi) is 1.25. The Labute approximate surface area is 133 Å². The van der Waals surface area contributed by atoms with Crippen molar-refractivity contribution in [3.8, 4) is 0 Å². The van der Waals surface area contributed by atoms with E-state index < -0.39 is 73.7 Å². The van der Waals surface area contributed by atoms with E-state index >= 15 is 0 Å². The standard InChI is InChI=1S/C15H24BNO2/c1-13(2,3)11-8-12(10-17-9-11)16-18-14(4,5)15(6,7)19-16/h8-10H,1-7H3/i1D3,2D3,3D3,8D,9D,10D. The molecule has 1 fully saturated rings. The predicted molar refractivity (Wildman–Crippen MR) is 78.7 cm³/mol. The normalized spacial score (nSPS) is 32.9. The molecule has 0 atom stereocenters. The lowest BCUT2D eigenvalue weighted by Gasteiger charge is -2.32. The summed E-state index contributed by atoms with van der Waals surface area (Å²) in [4.78, 5) is 3.58. The molecule has 1 aliphatic heterocycles. The predicted octanol–water partition coefficient (Wildman–Crippen LogP) is 2.68. The maximum atomic E-state index is 8.56. The molecule has 104 valence electrons. The summed E-state index contributed by atoms with van der Waals surface area (Å²) in [5.74, 6) is 0. The van der Waals surface area contributed by atoms with Crippen molar-refractivity contribution >= 4 is 12.6 Å². The van der Waals surface area contributed by atoms with Gasteiger partial charge in [0.05, 0.1) is 15.3 Å². The lowest BCUT2D eigenvalue weighted by Crippen LogP contribution is -2.41. The van der Waals surface area contributed by atoms with Crippen molar-refractivity contribution in [2.75, 3.05) is 0 Å². The van der Waals surface area contributed by atoms with Gasteiger partial charge in [0.1, 0.15) is 0 Å². The highest BCUT2D eigenvalue weighted by Gasteiger charge is 2.51. The van der Waals surface area contributed by atoms with Gasteiger partial charge in [-0.2, -0.15) is 0 Å². The van der Waals surface area contributed by atoms with Gasteiger partial charge >= 0.3 is 7.12 Å². The fourth-order valence-electron chi connectivity index (χ4n) is 1.58. The van der Waals surface area contributed by atoms with Crippen LogP contribution in [-0.4, -0.2) is 23.3 Å². The topological polar surface area (TPSA) is 31.4 Å². The third-order valence-corrected chi connectivity index (χ3v) is 3.47. The van der Waals surface area contributed by atoms with Crippen molar-refractivity contribution in [1.29, 1.82) is 0 Å². The van der Waals surface area contributed by atoms with Crippen molar-refractivity contribution in [2.24, 2.45) is 0 Å². The summed E-state index contributed by atoms with van der Waals surface area (Å²) in [6.45, 7) is -4.28. The number of hydrogen-bond donors (Lipinski definition) is 0. The van der Waals surface area contributed by atoms with Gasteiger partial charge < -0.3 is 9.31 Å². The molecule has 0 bridgehead atoms. The summed E-state index contributed by atoms with van der Waals surface area (Å²) in [5.41, 5.74) is -7.00. The molecule has 2 heterocycles. The van der Waals surface area contributed by atoms with E-state index in [9.17, 15) is 0 Å². The molecule has 0 aliphatic carbocycles. The zero-order valence-corrected chi connectivity index (χ0v) is 11.3. The van der Waals surface area contributed by atoms with Crippen molar-refractivity contribution in [2.45, 2.75) is 64.9 Å². The molecule has 4 heteroatoms. The number of hydrogen-bond acceptors (Lipinski definition) is 3. The molecular formula is C15H24BNO2. The molecular weight excluding hydrogens is 237 g/mol. The van der Waals surface area contributed by atoms with Crippen LogP contribution in [0.25, 0.3) is 0 Å². The third kappa shape index (κ3) is 2.70. The highest BCUT2D eigenvalue weighted by atomic mass is 16.7. The number of aromatic nitrogens is 1. The maximum Gasteiger partial charge on any atom is 0.496 e. The van der Waals surface area contributed by atoms with E-state index in [-0.39, 0.29) is 0 Å². The zero-order valence-electron chi connectivity index (χ0n) is 23.3. The van der Waals surface area contributed by atoms with Crippen molar-refractivity contribution in [3.63, 3.8) is 0 Å². The van der Waals surface area contributed by atoms with Gasteiger partial charge in [-0.15, -0.1) is 0 Å². The second-order valence-corrected chi connectivity index (χ2v) is 5.59. The molecule has 0 amide bonds. The monoisotopic (exact) mass is 273 g/mol. The minimum absolute atomic E-state index is 0.438. The molecule has 1 aliphatic rings. The van der Waals surface area contributed by atoms with Gasteiger partial charge in [-0.25, -0.2) is 0 Å². The first-order valence-electron chi connectivity index (χ1n) is 11.9. The molecule has 0 spiro atoms. The molecule has 2 rings (SSSR count). The Hall–Kier alpha value is -0.865. The molecule has 0 aromatic carbocycles. The van der Waals surface area contributed by atoms with Crippen LogP contribution in [0.5, 0.6) is 0 Å². The van der Waals surface area contributed by atoms with Gasteiger partial charge in [0.15, 0.2) is 0 Å². The average Bonchev–Trinajstić information content (AvgIpc) is 2.66. The first-order chi connectivity index (χ1) is 13.5. The van der Waals surface area contributed by atoms with Crippen LogP contribution in [-0.2, 0) is 14.7 Å². The van der Waals surface area contributed by atoms with Crippen LogP contribution in [0.3, 0.4) is 0 Å². The summed E-state index contributed by atoms with van der Waals surface area (Å²) in [5, 5.41) is 0. The summed E-state index contributed by atoms with van der Waals surface area (Å²) in [7, 11) is -1.42. The number of pyridine rings is 1. The van der Waals surface area contributed by atoms with Crippen LogP contribution in [0.4, 0.5) is 0 Å². The van der Waals surface area contributed by atoms with E-state index in [0.29, 0.717) is 0 Å². The Morgan fingerprint density at radius 3 is 2.26 bits per heavy atom. The molecule has 19 heavy (non-hydrogen) atoms. The first kappa shape index (κ1) is 5.49. The van der Waals surface area contributed by atoms with Crippen molar-refractivity contribution in [3.05, 3.63) is 24.0 Å². The quantitative estimate of drug-likeness (QED) is 0.737. The highest BCUT2D eigenvalue weighted by molar-refractivity contribution is 6.62. The Balaban J connectivity index is 2.97. The summed E-state index contributed by atoms with van der Waals surface area (Å²) >= 11 is 0. The van der Waals surface area contributed by atoms with Crippen LogP contribution >= 0.6 is 0 Å². The van der Waals surface area contributed by atoms with Crippen molar-refractivity contribution < 1.29 is 25.8 Å². The minimum Gasteiger partial charge on any atom is -0.399 e. The Morgan fingerprint density at radius 2 is 1.74 bits per heavy atom. The molecule has 1 aromatic heterocycles. The Morgan fingerprint density at radius 1 is 1.16 bits per heavy atom. The SMILES string of the molecule is [2H]c1nc([2H])c(C(C([2H])([2H])[2H])(C([2H])([2H])[2H])C([2H])([2H])[2H])c([2H])c1B1OC(C)(C)C(C)(C)O1. The van der Waals surface area contributed by atoms with Gasteiger partial charge in [0.2, 0.25) is 0 Å². The largest absolute Gasteiger partial charge is 0.496 e. The van der Waals surface area contributed by atoms with Crippen LogP contribution in [0.1, 0.15) is 70.3 Å². The smallest absolute Gasteiger partial charge is 0.399 e. The average molecular weight is 273 g/mol. The van der Waals surface area contributed by atoms with Gasteiger partial charge in [-0.05, 0) is 38.7 Å². The molecule has 0 saturated carbocycles. The summed E-state index contributed by atoms with van der Waals surface area (Å²) in [6, 6.07) is -0.938. The second-order valence-electron chi connectivity index (χ2n) is 5.59. The molecule has 1 saturated heterocycles. The van der Waals surface area contributed by atoms with Gasteiger partial charge in [-0.1, -0.05) is 26.6 Å². The van der Waals surface area contributed by atoms with Crippen LogP contribution in [0, 0.1) is 0 Å². The summed E-state index contributed by atoms with van der Waals surface area (Å²) in [6.07, 6.45) is -1.76. The fraction of sp³-hybridized carbons (Fsp3) is 0.667. The lowest BCUT2D eigenvalue weighted by atomic mass is 9.77. The van der Waals surface area contributed by atoms with E-state index in [1.165, 1.54) is 0 Å². The van der Waals surface area contributed by atoms with Crippen LogP contribution in [0.2, 0.25) is 0 Å². The fourth-order valence-corrected chi connectivity index (χ4v) is 1.58. The van der Waals surface area contributed by atoms with Crippen LogP contribution < -0.4 is 5.46 Å². The van der Waals surface area contributed by atoms with Gasteiger partial charge in [-0.3, -0.25) is 4.98 Å². The lowest BCUT2D eigenvalue weighted by molar-refractivity contribution is 0.00578. The van der Waals surface area contributed by atoms with E-state index in [2.05, 4.69) is 4.98 Å². The molecule has 0 unspecified atom stereocenters. The zero-order chi connectivity index (χ0) is 24.6. The minimum atomic E-state index is -3.67. The van der Waals surface area contributed by atoms with E-state index in [0.717, 1.165) is 0 Å². The van der Waals surface area contributed by atoms with E-state index in [1.807, 2.05) is 0 Å². The maximum absolute atomic E-state index is 8.56. The van der Waals surface area contributed by atoms with Crippen molar-refractivity contribution in [1.82, 2.24) is 4.98 Å². The molecule has 1 aromatic rings. The van der Waals surface area contributed by atoms with E-state index in [4.69, 9.17) is 25.8 Å².